The number of aryl methyl sites for hydroxylation is 1. The Labute approximate surface area is 96.8 Å². The normalized spacial score (nSPS) is 11.2. The summed E-state index contributed by atoms with van der Waals surface area (Å²) in [7, 11) is 0. The van der Waals surface area contributed by atoms with Gasteiger partial charge in [-0.15, -0.1) is 0 Å². The molecule has 0 unspecified atom stereocenters. The van der Waals surface area contributed by atoms with Crippen molar-refractivity contribution < 1.29 is 18.0 Å². The summed E-state index contributed by atoms with van der Waals surface area (Å²) in [5, 5.41) is 8.64. The minimum absolute atomic E-state index is 0.160. The number of nitriles is 1. The summed E-state index contributed by atoms with van der Waals surface area (Å²) in [4.78, 5) is 4.27. The van der Waals surface area contributed by atoms with Crippen LogP contribution in [0.1, 0.15) is 16.7 Å². The molecule has 0 aliphatic rings. The number of halogens is 3. The number of alkyl halides is 3. The van der Waals surface area contributed by atoms with Crippen LogP contribution in [-0.4, -0.2) is 12.8 Å². The smallest absolute Gasteiger partial charge is 0.292 e. The molecule has 0 amide bonds. The van der Waals surface area contributed by atoms with E-state index < -0.39 is 12.8 Å². The van der Waals surface area contributed by atoms with Gasteiger partial charge in [-0.25, -0.2) is 0 Å². The Morgan fingerprint density at radius 3 is 2.65 bits per heavy atom. The monoisotopic (exact) mass is 244 g/mol. The van der Waals surface area contributed by atoms with Crippen molar-refractivity contribution in [3.8, 4) is 6.07 Å². The summed E-state index contributed by atoms with van der Waals surface area (Å²) < 4.78 is 35.3. The lowest BCUT2D eigenvalue weighted by Gasteiger charge is -2.10. The van der Waals surface area contributed by atoms with Crippen molar-refractivity contribution in [3.05, 3.63) is 34.9 Å². The van der Waals surface area contributed by atoms with Gasteiger partial charge in [-0.3, -0.25) is 4.84 Å². The number of hydrogen-bond donors (Lipinski definition) is 1. The maximum atomic E-state index is 11.8. The van der Waals surface area contributed by atoms with Crippen molar-refractivity contribution in [2.24, 2.45) is 0 Å². The number of hydrogen-bond acceptors (Lipinski definition) is 3. The molecule has 0 atom stereocenters. The van der Waals surface area contributed by atoms with E-state index in [1.54, 1.807) is 25.1 Å². The quantitative estimate of drug-likeness (QED) is 0.653. The van der Waals surface area contributed by atoms with Gasteiger partial charge in [0.05, 0.1) is 11.6 Å². The Morgan fingerprint density at radius 1 is 1.41 bits per heavy atom. The number of hydroxylamine groups is 1. The number of benzene rings is 1. The lowest BCUT2D eigenvalue weighted by molar-refractivity contribution is -0.190. The molecule has 0 aliphatic heterocycles. The molecule has 0 aliphatic carbocycles. The average Bonchev–Trinajstić information content (AvgIpc) is 2.24. The Kier molecular flexibility index (Phi) is 4.49. The van der Waals surface area contributed by atoms with E-state index in [9.17, 15) is 13.2 Å². The van der Waals surface area contributed by atoms with E-state index in [0.717, 1.165) is 11.1 Å². The van der Waals surface area contributed by atoms with E-state index >= 15 is 0 Å². The number of rotatable bonds is 4. The summed E-state index contributed by atoms with van der Waals surface area (Å²) in [6, 6.07) is 6.93. The van der Waals surface area contributed by atoms with E-state index in [1.165, 1.54) is 0 Å². The average molecular weight is 244 g/mol. The van der Waals surface area contributed by atoms with Crippen LogP contribution in [0.4, 0.5) is 13.2 Å². The molecule has 1 aromatic rings. The second-order valence-electron chi connectivity index (χ2n) is 3.48. The molecule has 0 bridgehead atoms. The van der Waals surface area contributed by atoms with Crippen molar-refractivity contribution in [1.82, 2.24) is 5.48 Å². The van der Waals surface area contributed by atoms with Gasteiger partial charge in [0.15, 0.2) is 6.61 Å². The van der Waals surface area contributed by atoms with Crippen molar-refractivity contribution in [2.75, 3.05) is 6.61 Å². The zero-order valence-corrected chi connectivity index (χ0v) is 9.14. The molecule has 0 radical (unpaired) electrons. The van der Waals surface area contributed by atoms with Crippen LogP contribution >= 0.6 is 0 Å². The molecular weight excluding hydrogens is 233 g/mol. The molecule has 92 valence electrons. The van der Waals surface area contributed by atoms with Crippen LogP contribution in [0.3, 0.4) is 0 Å². The molecule has 1 N–H and O–H groups in total. The first-order chi connectivity index (χ1) is 7.92. The van der Waals surface area contributed by atoms with Crippen LogP contribution in [0.2, 0.25) is 0 Å². The van der Waals surface area contributed by atoms with E-state index in [-0.39, 0.29) is 6.54 Å². The molecule has 1 rings (SSSR count). The maximum absolute atomic E-state index is 11.8. The van der Waals surface area contributed by atoms with Crippen LogP contribution in [0, 0.1) is 18.3 Å². The van der Waals surface area contributed by atoms with Gasteiger partial charge >= 0.3 is 6.18 Å². The summed E-state index contributed by atoms with van der Waals surface area (Å²) in [6.45, 7) is 0.609. The molecule has 6 heteroatoms. The largest absolute Gasteiger partial charge is 0.413 e. The third-order valence-electron chi connectivity index (χ3n) is 2.07. The third-order valence-corrected chi connectivity index (χ3v) is 2.07. The van der Waals surface area contributed by atoms with Crippen molar-refractivity contribution in [1.29, 1.82) is 5.26 Å². The molecule has 0 heterocycles. The highest BCUT2D eigenvalue weighted by Crippen LogP contribution is 2.14. The van der Waals surface area contributed by atoms with Gasteiger partial charge < -0.3 is 0 Å². The van der Waals surface area contributed by atoms with Crippen molar-refractivity contribution in [3.63, 3.8) is 0 Å². The zero-order valence-electron chi connectivity index (χ0n) is 9.14. The third kappa shape index (κ3) is 4.85. The van der Waals surface area contributed by atoms with Crippen LogP contribution in [-0.2, 0) is 11.4 Å². The van der Waals surface area contributed by atoms with Gasteiger partial charge in [-0.05, 0) is 30.2 Å². The van der Waals surface area contributed by atoms with E-state index in [0.29, 0.717) is 5.56 Å². The van der Waals surface area contributed by atoms with Gasteiger partial charge in [-0.2, -0.15) is 23.9 Å². The van der Waals surface area contributed by atoms with E-state index in [2.05, 4.69) is 10.3 Å². The number of nitrogens with one attached hydrogen (secondary N) is 1. The fourth-order valence-electron chi connectivity index (χ4n) is 1.23. The fraction of sp³-hybridized carbons (Fsp3) is 0.364. The first-order valence-electron chi connectivity index (χ1n) is 4.83. The molecule has 1 aromatic carbocycles. The molecule has 0 saturated heterocycles. The summed E-state index contributed by atoms with van der Waals surface area (Å²) in [5.41, 5.74) is 4.36. The summed E-state index contributed by atoms with van der Waals surface area (Å²) >= 11 is 0. The van der Waals surface area contributed by atoms with Gasteiger partial charge in [0, 0.05) is 6.54 Å². The van der Waals surface area contributed by atoms with E-state index in [1.807, 2.05) is 6.07 Å². The van der Waals surface area contributed by atoms with Crippen LogP contribution in [0.25, 0.3) is 0 Å². The lowest BCUT2D eigenvalue weighted by Crippen LogP contribution is -2.24. The highest BCUT2D eigenvalue weighted by molar-refractivity contribution is 5.37. The Hall–Kier alpha value is -1.58. The molecular formula is C11H11F3N2O. The molecule has 0 fully saturated rings. The predicted octanol–water partition coefficient (Wildman–Crippen LogP) is 2.45. The zero-order chi connectivity index (χ0) is 12.9. The van der Waals surface area contributed by atoms with E-state index in [4.69, 9.17) is 5.26 Å². The first kappa shape index (κ1) is 13.5. The van der Waals surface area contributed by atoms with Gasteiger partial charge in [0.25, 0.3) is 0 Å². The fourth-order valence-corrected chi connectivity index (χ4v) is 1.23. The first-order valence-corrected chi connectivity index (χ1v) is 4.83. The van der Waals surface area contributed by atoms with Crippen LogP contribution in [0.15, 0.2) is 18.2 Å². The highest BCUT2D eigenvalue weighted by Gasteiger charge is 2.27. The number of nitrogens with zero attached hydrogens (tertiary/aromatic N) is 1. The SMILES string of the molecule is Cc1cc(C#N)ccc1CNOCC(F)(F)F. The van der Waals surface area contributed by atoms with Gasteiger partial charge in [0.1, 0.15) is 0 Å². The van der Waals surface area contributed by atoms with Crippen molar-refractivity contribution in [2.45, 2.75) is 19.6 Å². The Bertz CT molecular complexity index is 424. The minimum atomic E-state index is -4.34. The molecule has 0 aromatic heterocycles. The standard InChI is InChI=1S/C11H11F3N2O/c1-8-4-9(5-15)2-3-10(8)6-16-17-7-11(12,13)14/h2-4,16H,6-7H2,1H3. The second kappa shape index (κ2) is 5.66. The molecule has 0 spiro atoms. The van der Waals surface area contributed by atoms with Gasteiger partial charge in [-0.1, -0.05) is 6.07 Å². The Morgan fingerprint density at radius 2 is 2.12 bits per heavy atom. The van der Waals surface area contributed by atoms with Gasteiger partial charge in [0.2, 0.25) is 0 Å². The molecule has 3 nitrogen and oxygen atoms in total. The maximum Gasteiger partial charge on any atom is 0.413 e. The molecule has 0 saturated carbocycles. The second-order valence-corrected chi connectivity index (χ2v) is 3.48. The van der Waals surface area contributed by atoms with Crippen molar-refractivity contribution >= 4 is 0 Å². The minimum Gasteiger partial charge on any atom is -0.292 e. The van der Waals surface area contributed by atoms with Crippen LogP contribution < -0.4 is 5.48 Å². The lowest BCUT2D eigenvalue weighted by atomic mass is 10.1. The van der Waals surface area contributed by atoms with Crippen LogP contribution in [0.5, 0.6) is 0 Å². The Balaban J connectivity index is 2.45. The summed E-state index contributed by atoms with van der Waals surface area (Å²) in [6.07, 6.45) is -4.34. The topological polar surface area (TPSA) is 45.0 Å². The summed E-state index contributed by atoms with van der Waals surface area (Å²) in [5.74, 6) is 0. The predicted molar refractivity (Wildman–Crippen MR) is 54.7 cm³/mol. The highest BCUT2D eigenvalue weighted by atomic mass is 19.4. The molecule has 17 heavy (non-hydrogen) atoms.